The molecule has 0 amide bonds. The molecule has 2 aromatic rings. The number of halogens is 3. The van der Waals surface area contributed by atoms with Crippen LogP contribution in [0.5, 0.6) is 0 Å². The number of amidine groups is 1. The van der Waals surface area contributed by atoms with Crippen LogP contribution in [0.4, 0.5) is 14.5 Å². The lowest BCUT2D eigenvalue weighted by atomic mass is 9.98. The fourth-order valence-electron chi connectivity index (χ4n) is 2.98. The van der Waals surface area contributed by atoms with E-state index in [1.807, 2.05) is 25.1 Å². The molecule has 2 unspecified atom stereocenters. The van der Waals surface area contributed by atoms with E-state index in [1.165, 1.54) is 18.2 Å². The van der Waals surface area contributed by atoms with Gasteiger partial charge in [0, 0.05) is 11.3 Å². The second-order valence-electron chi connectivity index (χ2n) is 5.78. The molecule has 0 fully saturated rings. The lowest BCUT2D eigenvalue weighted by Crippen LogP contribution is -2.24. The summed E-state index contributed by atoms with van der Waals surface area (Å²) in [5, 5.41) is 7.34. The average molecular weight is 347 g/mol. The van der Waals surface area contributed by atoms with E-state index in [0.717, 1.165) is 11.1 Å². The van der Waals surface area contributed by atoms with Crippen LogP contribution < -0.4 is 10.7 Å². The van der Waals surface area contributed by atoms with Gasteiger partial charge in [-0.05, 0) is 25.1 Å². The van der Waals surface area contributed by atoms with Gasteiger partial charge in [0.15, 0.2) is 5.17 Å². The van der Waals surface area contributed by atoms with E-state index in [2.05, 4.69) is 20.8 Å². The summed E-state index contributed by atoms with van der Waals surface area (Å²) in [6, 6.07) is 8.63. The highest BCUT2D eigenvalue weighted by Crippen LogP contribution is 2.35. The predicted molar refractivity (Wildman–Crippen MR) is 90.6 cm³/mol. The van der Waals surface area contributed by atoms with Gasteiger partial charge in [-0.1, -0.05) is 35.4 Å². The highest BCUT2D eigenvalue weighted by atomic mass is 35.5. The van der Waals surface area contributed by atoms with E-state index in [0.29, 0.717) is 5.69 Å². The Morgan fingerprint density at radius 3 is 2.62 bits per heavy atom. The van der Waals surface area contributed by atoms with E-state index in [-0.39, 0.29) is 22.6 Å². The molecule has 0 spiro atoms. The van der Waals surface area contributed by atoms with Crippen molar-refractivity contribution in [2.24, 2.45) is 10.1 Å². The standard InChI is InChI=1S/C17H13ClF2N4/c1-8-5-6-12-9(7-8)14-15(16(18)24-23-14)22-17(21-12)13-10(19)3-2-4-11(13)20/h2-7,14-15,23H,1H3,(H,21,22). The topological polar surface area (TPSA) is 48.8 Å². The molecule has 2 atom stereocenters. The molecule has 4 rings (SSSR count). The van der Waals surface area contributed by atoms with E-state index in [1.54, 1.807) is 0 Å². The Bertz CT molecular complexity index is 874. The summed E-state index contributed by atoms with van der Waals surface area (Å²) in [7, 11) is 0. The molecule has 2 aromatic carbocycles. The van der Waals surface area contributed by atoms with Gasteiger partial charge >= 0.3 is 0 Å². The molecule has 0 bridgehead atoms. The number of rotatable bonds is 1. The molecular weight excluding hydrogens is 334 g/mol. The van der Waals surface area contributed by atoms with Crippen molar-refractivity contribution in [3.63, 3.8) is 0 Å². The first kappa shape index (κ1) is 15.1. The Balaban J connectivity index is 1.91. The van der Waals surface area contributed by atoms with Gasteiger partial charge in [0.05, 0.1) is 5.56 Å². The number of nitrogens with zero attached hydrogens (tertiary/aromatic N) is 2. The number of aryl methyl sites for hydroxylation is 1. The van der Waals surface area contributed by atoms with Gasteiger partial charge < -0.3 is 5.32 Å². The number of anilines is 1. The van der Waals surface area contributed by atoms with Gasteiger partial charge in [-0.25, -0.2) is 8.78 Å². The van der Waals surface area contributed by atoms with Crippen molar-refractivity contribution >= 4 is 28.3 Å². The number of fused-ring (bicyclic) bond motifs is 3. The zero-order valence-corrected chi connectivity index (χ0v) is 13.4. The van der Waals surface area contributed by atoms with Crippen LogP contribution in [0.1, 0.15) is 22.7 Å². The summed E-state index contributed by atoms with van der Waals surface area (Å²) < 4.78 is 28.4. The molecule has 24 heavy (non-hydrogen) atoms. The third-order valence-corrected chi connectivity index (χ3v) is 4.44. The van der Waals surface area contributed by atoms with E-state index < -0.39 is 17.7 Å². The number of benzene rings is 2. The molecule has 0 radical (unpaired) electrons. The zero-order valence-electron chi connectivity index (χ0n) is 12.6. The fourth-order valence-corrected chi connectivity index (χ4v) is 3.20. The summed E-state index contributed by atoms with van der Waals surface area (Å²) in [5.74, 6) is -1.28. The van der Waals surface area contributed by atoms with E-state index in [9.17, 15) is 8.78 Å². The summed E-state index contributed by atoms with van der Waals surface area (Å²) in [6.45, 7) is 1.97. The zero-order chi connectivity index (χ0) is 16.8. The third-order valence-electron chi connectivity index (χ3n) is 4.13. The predicted octanol–water partition coefficient (Wildman–Crippen LogP) is 3.71. The maximum Gasteiger partial charge on any atom is 0.153 e. The van der Waals surface area contributed by atoms with Crippen molar-refractivity contribution in [2.75, 3.05) is 5.32 Å². The average Bonchev–Trinajstić information content (AvgIpc) is 2.81. The first-order chi connectivity index (χ1) is 11.5. The highest BCUT2D eigenvalue weighted by molar-refractivity contribution is 6.67. The molecule has 7 heteroatoms. The van der Waals surface area contributed by atoms with Crippen molar-refractivity contribution < 1.29 is 8.78 Å². The summed E-state index contributed by atoms with van der Waals surface area (Å²) in [4.78, 5) is 4.46. The molecule has 2 heterocycles. The number of hydrogen-bond donors (Lipinski definition) is 2. The SMILES string of the molecule is Cc1ccc2c(c1)C1NN=C(Cl)C1N=C(c1c(F)cccc1F)N2. The fraction of sp³-hybridized carbons (Fsp3) is 0.176. The number of aliphatic imine (C=N–C) groups is 1. The lowest BCUT2D eigenvalue weighted by Gasteiger charge is -2.16. The molecule has 2 aliphatic heterocycles. The normalized spacial score (nSPS) is 21.7. The van der Waals surface area contributed by atoms with Crippen LogP contribution in [0.15, 0.2) is 46.5 Å². The van der Waals surface area contributed by atoms with Crippen molar-refractivity contribution in [2.45, 2.75) is 19.0 Å². The molecule has 0 aliphatic carbocycles. The first-order valence-electron chi connectivity index (χ1n) is 7.43. The lowest BCUT2D eigenvalue weighted by molar-refractivity contribution is 0.570. The maximum absolute atomic E-state index is 14.2. The minimum Gasteiger partial charge on any atom is -0.340 e. The second kappa shape index (κ2) is 5.56. The summed E-state index contributed by atoms with van der Waals surface area (Å²) >= 11 is 6.16. The molecule has 122 valence electrons. The van der Waals surface area contributed by atoms with Gasteiger partial charge in [-0.3, -0.25) is 10.4 Å². The van der Waals surface area contributed by atoms with Crippen LogP contribution in [-0.4, -0.2) is 17.0 Å². The van der Waals surface area contributed by atoms with Gasteiger partial charge in [-0.2, -0.15) is 5.10 Å². The largest absolute Gasteiger partial charge is 0.340 e. The molecule has 4 nitrogen and oxygen atoms in total. The smallest absolute Gasteiger partial charge is 0.153 e. The van der Waals surface area contributed by atoms with Gasteiger partial charge in [0.1, 0.15) is 29.6 Å². The van der Waals surface area contributed by atoms with Crippen LogP contribution in [0, 0.1) is 18.6 Å². The molecule has 2 aliphatic rings. The summed E-state index contributed by atoms with van der Waals surface area (Å²) in [6.07, 6.45) is 0. The first-order valence-corrected chi connectivity index (χ1v) is 7.81. The maximum atomic E-state index is 14.2. The number of nitrogens with one attached hydrogen (secondary N) is 2. The molecular formula is C17H13ClF2N4. The van der Waals surface area contributed by atoms with Crippen LogP contribution in [0.3, 0.4) is 0 Å². The van der Waals surface area contributed by atoms with Crippen molar-refractivity contribution in [3.05, 3.63) is 64.7 Å². The van der Waals surface area contributed by atoms with E-state index in [4.69, 9.17) is 11.6 Å². The van der Waals surface area contributed by atoms with Crippen LogP contribution >= 0.6 is 11.6 Å². The Labute approximate surface area is 142 Å². The second-order valence-corrected chi connectivity index (χ2v) is 6.16. The minimum absolute atomic E-state index is 0.0975. The van der Waals surface area contributed by atoms with Crippen molar-refractivity contribution in [1.29, 1.82) is 0 Å². The van der Waals surface area contributed by atoms with Crippen molar-refractivity contribution in [1.82, 2.24) is 5.43 Å². The Hall–Kier alpha value is -2.47. The molecule has 0 saturated carbocycles. The van der Waals surface area contributed by atoms with Crippen LogP contribution in [0.25, 0.3) is 0 Å². The molecule has 0 aromatic heterocycles. The van der Waals surface area contributed by atoms with Crippen molar-refractivity contribution in [3.8, 4) is 0 Å². The van der Waals surface area contributed by atoms with Crippen LogP contribution in [-0.2, 0) is 0 Å². The Morgan fingerprint density at radius 2 is 1.88 bits per heavy atom. The van der Waals surface area contributed by atoms with Gasteiger partial charge in [-0.15, -0.1) is 0 Å². The quantitative estimate of drug-likeness (QED) is 0.827. The number of hydrazone groups is 1. The minimum atomic E-state index is -0.688. The van der Waals surface area contributed by atoms with E-state index >= 15 is 0 Å². The summed E-state index contributed by atoms with van der Waals surface area (Å²) in [5.41, 5.74) is 5.41. The Kier molecular flexibility index (Phi) is 3.49. The van der Waals surface area contributed by atoms with Gasteiger partial charge in [0.25, 0.3) is 0 Å². The third kappa shape index (κ3) is 2.34. The highest BCUT2D eigenvalue weighted by Gasteiger charge is 2.36. The molecule has 0 saturated heterocycles. The number of hydrogen-bond acceptors (Lipinski definition) is 4. The Morgan fingerprint density at radius 1 is 1.12 bits per heavy atom. The monoisotopic (exact) mass is 346 g/mol. The van der Waals surface area contributed by atoms with Crippen LogP contribution in [0.2, 0.25) is 0 Å². The van der Waals surface area contributed by atoms with Gasteiger partial charge in [0.2, 0.25) is 0 Å². The molecule has 2 N–H and O–H groups in total.